The number of anilines is 1. The van der Waals surface area contributed by atoms with Crippen LogP contribution in [0.3, 0.4) is 0 Å². The summed E-state index contributed by atoms with van der Waals surface area (Å²) in [4.78, 5) is 1.58. The van der Waals surface area contributed by atoms with Crippen molar-refractivity contribution in [3.8, 4) is 0 Å². The Kier molecular flexibility index (Phi) is 2.48. The molecule has 14 heavy (non-hydrogen) atoms. The fourth-order valence-corrected chi connectivity index (χ4v) is 3.52. The molecule has 1 heterocycles. The Morgan fingerprint density at radius 3 is 2.71 bits per heavy atom. The summed E-state index contributed by atoms with van der Waals surface area (Å²) in [6.45, 7) is 6.84. The smallest absolute Gasteiger partial charge is 0.0854 e. The molecule has 0 aliphatic carbocycles. The van der Waals surface area contributed by atoms with Crippen molar-refractivity contribution in [2.45, 2.75) is 37.0 Å². The second-order valence-electron chi connectivity index (χ2n) is 4.55. The molecule has 2 rings (SSSR count). The van der Waals surface area contributed by atoms with Gasteiger partial charge in [0.15, 0.2) is 0 Å². The summed E-state index contributed by atoms with van der Waals surface area (Å²) in [6, 6.07) is 8.55. The standard InChI is InChI=1S/C12H17NS/c1-9(2)8-12(3)13-10-6-4-5-7-11(10)14-12/h4-7,9,13H,8H2,1-3H3. The molecule has 0 aromatic heterocycles. The highest BCUT2D eigenvalue weighted by molar-refractivity contribution is 8.01. The quantitative estimate of drug-likeness (QED) is 0.787. The minimum absolute atomic E-state index is 0.192. The van der Waals surface area contributed by atoms with Crippen LogP contribution in [0.15, 0.2) is 29.2 Å². The summed E-state index contributed by atoms with van der Waals surface area (Å²) in [5.74, 6) is 0.731. The topological polar surface area (TPSA) is 12.0 Å². The molecule has 1 unspecified atom stereocenters. The Bertz CT molecular complexity index is 308. The lowest BCUT2D eigenvalue weighted by molar-refractivity contribution is 0.515. The third-order valence-electron chi connectivity index (χ3n) is 2.42. The van der Waals surface area contributed by atoms with Gasteiger partial charge in [0.25, 0.3) is 0 Å². The van der Waals surface area contributed by atoms with Crippen LogP contribution < -0.4 is 5.32 Å². The van der Waals surface area contributed by atoms with Gasteiger partial charge in [-0.05, 0) is 31.4 Å². The van der Waals surface area contributed by atoms with Gasteiger partial charge in [-0.1, -0.05) is 37.7 Å². The van der Waals surface area contributed by atoms with Gasteiger partial charge in [-0.2, -0.15) is 0 Å². The highest BCUT2D eigenvalue weighted by atomic mass is 32.2. The normalized spacial score (nSPS) is 24.9. The van der Waals surface area contributed by atoms with E-state index in [0.29, 0.717) is 0 Å². The van der Waals surface area contributed by atoms with E-state index in [9.17, 15) is 0 Å². The molecule has 1 atom stereocenters. The van der Waals surface area contributed by atoms with E-state index < -0.39 is 0 Å². The van der Waals surface area contributed by atoms with E-state index in [1.165, 1.54) is 17.0 Å². The van der Waals surface area contributed by atoms with Crippen molar-refractivity contribution in [2.24, 2.45) is 5.92 Å². The third-order valence-corrected chi connectivity index (χ3v) is 3.71. The molecule has 0 amide bonds. The van der Waals surface area contributed by atoms with Crippen LogP contribution in [0, 0.1) is 5.92 Å². The Morgan fingerprint density at radius 2 is 2.07 bits per heavy atom. The molecule has 0 fully saturated rings. The first kappa shape index (κ1) is 9.91. The van der Waals surface area contributed by atoms with Crippen molar-refractivity contribution in [1.29, 1.82) is 0 Å². The van der Waals surface area contributed by atoms with Crippen LogP contribution in [0.2, 0.25) is 0 Å². The van der Waals surface area contributed by atoms with Crippen LogP contribution in [0.5, 0.6) is 0 Å². The molecule has 2 heteroatoms. The van der Waals surface area contributed by atoms with Gasteiger partial charge >= 0.3 is 0 Å². The van der Waals surface area contributed by atoms with E-state index in [1.54, 1.807) is 0 Å². The lowest BCUT2D eigenvalue weighted by atomic mass is 10.0. The lowest BCUT2D eigenvalue weighted by Crippen LogP contribution is -2.28. The predicted octanol–water partition coefficient (Wildman–Crippen LogP) is 3.97. The average Bonchev–Trinajstić information content (AvgIpc) is 2.38. The third kappa shape index (κ3) is 1.90. The summed E-state index contributed by atoms with van der Waals surface area (Å²) in [7, 11) is 0. The van der Waals surface area contributed by atoms with E-state index in [2.05, 4.69) is 50.4 Å². The summed E-state index contributed by atoms with van der Waals surface area (Å²) < 4.78 is 0. The van der Waals surface area contributed by atoms with Gasteiger partial charge in [-0.25, -0.2) is 0 Å². The van der Waals surface area contributed by atoms with Crippen molar-refractivity contribution >= 4 is 17.4 Å². The Balaban J connectivity index is 2.17. The molecule has 0 radical (unpaired) electrons. The summed E-state index contributed by atoms with van der Waals surface area (Å²) in [6.07, 6.45) is 1.20. The predicted molar refractivity (Wildman–Crippen MR) is 63.8 cm³/mol. The molecule has 1 N–H and O–H groups in total. The first-order valence-corrected chi connectivity index (χ1v) is 5.97. The molecular weight excluding hydrogens is 190 g/mol. The number of nitrogens with one attached hydrogen (secondary N) is 1. The Hall–Kier alpha value is -0.630. The Labute approximate surface area is 90.3 Å². The number of benzene rings is 1. The van der Waals surface area contributed by atoms with Crippen LogP contribution in [-0.4, -0.2) is 4.87 Å². The lowest BCUT2D eigenvalue weighted by Gasteiger charge is -2.26. The molecule has 1 aromatic carbocycles. The summed E-state index contributed by atoms with van der Waals surface area (Å²) in [5.41, 5.74) is 1.29. The zero-order valence-corrected chi connectivity index (χ0v) is 9.82. The molecule has 1 aromatic rings. The van der Waals surface area contributed by atoms with Crippen molar-refractivity contribution in [3.05, 3.63) is 24.3 Å². The van der Waals surface area contributed by atoms with E-state index in [0.717, 1.165) is 5.92 Å². The van der Waals surface area contributed by atoms with Crippen molar-refractivity contribution in [1.82, 2.24) is 0 Å². The number of hydrogen-bond donors (Lipinski definition) is 1. The van der Waals surface area contributed by atoms with Crippen molar-refractivity contribution in [2.75, 3.05) is 5.32 Å². The second kappa shape index (κ2) is 3.50. The first-order chi connectivity index (χ1) is 6.59. The van der Waals surface area contributed by atoms with Gasteiger partial charge < -0.3 is 5.32 Å². The molecule has 0 saturated carbocycles. The van der Waals surface area contributed by atoms with Crippen LogP contribution in [0.25, 0.3) is 0 Å². The Morgan fingerprint density at radius 1 is 1.36 bits per heavy atom. The van der Waals surface area contributed by atoms with E-state index in [-0.39, 0.29) is 4.87 Å². The van der Waals surface area contributed by atoms with Gasteiger partial charge in [0.2, 0.25) is 0 Å². The van der Waals surface area contributed by atoms with Crippen LogP contribution >= 0.6 is 11.8 Å². The number of para-hydroxylation sites is 1. The minimum atomic E-state index is 0.192. The van der Waals surface area contributed by atoms with Crippen molar-refractivity contribution < 1.29 is 0 Å². The molecule has 1 aliphatic rings. The number of fused-ring (bicyclic) bond motifs is 1. The SMILES string of the molecule is CC(C)CC1(C)Nc2ccccc2S1. The maximum Gasteiger partial charge on any atom is 0.0854 e. The highest BCUT2D eigenvalue weighted by Gasteiger charge is 2.33. The van der Waals surface area contributed by atoms with Crippen LogP contribution in [-0.2, 0) is 0 Å². The minimum Gasteiger partial charge on any atom is -0.370 e. The number of thioether (sulfide) groups is 1. The second-order valence-corrected chi connectivity index (χ2v) is 6.10. The number of rotatable bonds is 2. The molecule has 76 valence electrons. The molecule has 0 saturated heterocycles. The maximum absolute atomic E-state index is 3.61. The van der Waals surface area contributed by atoms with E-state index in [1.807, 2.05) is 11.8 Å². The molecule has 1 aliphatic heterocycles. The van der Waals surface area contributed by atoms with Crippen LogP contribution in [0.1, 0.15) is 27.2 Å². The zero-order chi connectivity index (χ0) is 10.2. The van der Waals surface area contributed by atoms with Gasteiger partial charge in [-0.15, -0.1) is 0 Å². The largest absolute Gasteiger partial charge is 0.370 e. The zero-order valence-electron chi connectivity index (χ0n) is 9.00. The fraction of sp³-hybridized carbons (Fsp3) is 0.500. The van der Waals surface area contributed by atoms with Gasteiger partial charge in [-0.3, -0.25) is 0 Å². The molecule has 0 bridgehead atoms. The fourth-order valence-electron chi connectivity index (χ4n) is 2.08. The highest BCUT2D eigenvalue weighted by Crippen LogP contribution is 2.47. The van der Waals surface area contributed by atoms with E-state index in [4.69, 9.17) is 0 Å². The summed E-state index contributed by atoms with van der Waals surface area (Å²) >= 11 is 1.96. The van der Waals surface area contributed by atoms with Gasteiger partial charge in [0, 0.05) is 10.6 Å². The van der Waals surface area contributed by atoms with Gasteiger partial charge in [0.1, 0.15) is 0 Å². The molecule has 0 spiro atoms. The monoisotopic (exact) mass is 207 g/mol. The maximum atomic E-state index is 3.61. The average molecular weight is 207 g/mol. The van der Waals surface area contributed by atoms with Crippen molar-refractivity contribution in [3.63, 3.8) is 0 Å². The van der Waals surface area contributed by atoms with Crippen LogP contribution in [0.4, 0.5) is 5.69 Å². The van der Waals surface area contributed by atoms with Gasteiger partial charge in [0.05, 0.1) is 4.87 Å². The van der Waals surface area contributed by atoms with E-state index >= 15 is 0 Å². The number of hydrogen-bond acceptors (Lipinski definition) is 2. The molecular formula is C12H17NS. The molecule has 1 nitrogen and oxygen atoms in total. The summed E-state index contributed by atoms with van der Waals surface area (Å²) in [5, 5.41) is 3.61. The first-order valence-electron chi connectivity index (χ1n) is 5.15.